The number of aromatic nitrogens is 1. The summed E-state index contributed by atoms with van der Waals surface area (Å²) in [7, 11) is 0. The van der Waals surface area contributed by atoms with E-state index in [4.69, 9.17) is 4.74 Å². The van der Waals surface area contributed by atoms with Crippen LogP contribution in [0, 0.1) is 0 Å². The molecule has 100 valence electrons. The summed E-state index contributed by atoms with van der Waals surface area (Å²) in [6.07, 6.45) is 2.11. The van der Waals surface area contributed by atoms with Gasteiger partial charge in [-0.05, 0) is 51.9 Å². The molecule has 1 aliphatic rings. The molecule has 0 saturated carbocycles. The van der Waals surface area contributed by atoms with Crippen molar-refractivity contribution in [2.24, 2.45) is 0 Å². The van der Waals surface area contributed by atoms with Gasteiger partial charge in [-0.15, -0.1) is 0 Å². The molecule has 1 aromatic heterocycles. The van der Waals surface area contributed by atoms with Crippen LogP contribution in [0.3, 0.4) is 0 Å². The lowest BCUT2D eigenvalue weighted by molar-refractivity contribution is 0.277. The molecule has 0 fully saturated rings. The summed E-state index contributed by atoms with van der Waals surface area (Å²) >= 11 is 3.75. The van der Waals surface area contributed by atoms with Gasteiger partial charge in [0, 0.05) is 15.4 Å². The fraction of sp³-hybridized carbons (Fsp3) is 0.438. The molecule has 0 radical (unpaired) electrons. The van der Waals surface area contributed by atoms with Gasteiger partial charge in [0.05, 0.1) is 12.1 Å². The minimum atomic E-state index is 0.153. The van der Waals surface area contributed by atoms with Crippen molar-refractivity contribution in [2.75, 3.05) is 6.61 Å². The lowest BCUT2D eigenvalue weighted by Crippen LogP contribution is -2.12. The number of halogens is 1. The summed E-state index contributed by atoms with van der Waals surface area (Å²) in [5.41, 5.74) is 3.70. The molecule has 1 aliphatic heterocycles. The number of hydrogen-bond acceptors (Lipinski definition) is 2. The Morgan fingerprint density at radius 2 is 2.05 bits per heavy atom. The summed E-state index contributed by atoms with van der Waals surface area (Å²) in [6, 6.07) is 6.51. The van der Waals surface area contributed by atoms with E-state index in [0.29, 0.717) is 0 Å². The maximum Gasteiger partial charge on any atom is 0.218 e. The molecule has 0 amide bonds. The van der Waals surface area contributed by atoms with E-state index in [0.717, 1.165) is 35.3 Å². The van der Waals surface area contributed by atoms with Crippen LogP contribution in [0.1, 0.15) is 38.3 Å². The van der Waals surface area contributed by atoms with Crippen LogP contribution in [0.2, 0.25) is 0 Å². The van der Waals surface area contributed by atoms with E-state index >= 15 is 0 Å². The summed E-state index contributed by atoms with van der Waals surface area (Å²) in [5.74, 6) is 0.800. The zero-order valence-electron chi connectivity index (χ0n) is 11.6. The molecule has 0 spiro atoms. The van der Waals surface area contributed by atoms with Crippen molar-refractivity contribution in [1.82, 2.24) is 4.98 Å². The first-order valence-corrected chi connectivity index (χ1v) is 7.51. The number of fused-ring (bicyclic) bond motifs is 2. The second-order valence-corrected chi connectivity index (χ2v) is 6.94. The van der Waals surface area contributed by atoms with Crippen LogP contribution in [0.4, 0.5) is 0 Å². The second-order valence-electron chi connectivity index (χ2n) is 6.14. The Hall–Kier alpha value is -1.09. The maximum absolute atomic E-state index is 5.67. The maximum atomic E-state index is 5.67. The van der Waals surface area contributed by atoms with Crippen molar-refractivity contribution < 1.29 is 4.74 Å². The Kier molecular flexibility index (Phi) is 3.05. The SMILES string of the molecule is CC(C)(C)c1ccc2nc3c(c(Br)c2c1)CCCO3. The van der Waals surface area contributed by atoms with Gasteiger partial charge in [0.25, 0.3) is 0 Å². The highest BCUT2D eigenvalue weighted by Gasteiger charge is 2.20. The zero-order chi connectivity index (χ0) is 13.6. The highest BCUT2D eigenvalue weighted by molar-refractivity contribution is 9.10. The summed E-state index contributed by atoms with van der Waals surface area (Å²) in [4.78, 5) is 4.65. The zero-order valence-corrected chi connectivity index (χ0v) is 13.2. The number of benzene rings is 1. The van der Waals surface area contributed by atoms with E-state index < -0.39 is 0 Å². The summed E-state index contributed by atoms with van der Waals surface area (Å²) in [6.45, 7) is 7.48. The highest BCUT2D eigenvalue weighted by Crippen LogP contribution is 2.37. The first kappa shape index (κ1) is 12.9. The van der Waals surface area contributed by atoms with Crippen LogP contribution >= 0.6 is 15.9 Å². The van der Waals surface area contributed by atoms with Gasteiger partial charge < -0.3 is 4.74 Å². The van der Waals surface area contributed by atoms with Gasteiger partial charge in [-0.2, -0.15) is 0 Å². The molecule has 2 nitrogen and oxygen atoms in total. The molecule has 1 aromatic carbocycles. The molecule has 0 aliphatic carbocycles. The largest absolute Gasteiger partial charge is 0.477 e. The van der Waals surface area contributed by atoms with Crippen LogP contribution in [0.5, 0.6) is 5.88 Å². The van der Waals surface area contributed by atoms with E-state index in [1.807, 2.05) is 0 Å². The van der Waals surface area contributed by atoms with Crippen LogP contribution in [-0.4, -0.2) is 11.6 Å². The van der Waals surface area contributed by atoms with Crippen molar-refractivity contribution in [3.05, 3.63) is 33.8 Å². The smallest absolute Gasteiger partial charge is 0.218 e. The average Bonchev–Trinajstić information content (AvgIpc) is 2.37. The molecule has 0 atom stereocenters. The fourth-order valence-electron chi connectivity index (χ4n) is 2.46. The first-order chi connectivity index (χ1) is 8.97. The Bertz CT molecular complexity index is 643. The monoisotopic (exact) mass is 319 g/mol. The molecular formula is C16H18BrNO. The van der Waals surface area contributed by atoms with E-state index in [1.54, 1.807) is 0 Å². The number of hydrogen-bond donors (Lipinski definition) is 0. The van der Waals surface area contributed by atoms with Crippen molar-refractivity contribution in [1.29, 1.82) is 0 Å². The Balaban J connectivity index is 2.25. The van der Waals surface area contributed by atoms with Crippen LogP contribution in [0.25, 0.3) is 10.9 Å². The Morgan fingerprint density at radius 3 is 2.79 bits per heavy atom. The summed E-state index contributed by atoms with van der Waals surface area (Å²) < 4.78 is 6.82. The number of rotatable bonds is 0. The third-order valence-corrected chi connectivity index (χ3v) is 4.56. The number of nitrogens with zero attached hydrogens (tertiary/aromatic N) is 1. The topological polar surface area (TPSA) is 22.1 Å². The third kappa shape index (κ3) is 2.25. The molecule has 0 N–H and O–H groups in total. The van der Waals surface area contributed by atoms with E-state index in [9.17, 15) is 0 Å². The minimum Gasteiger partial charge on any atom is -0.477 e. The molecule has 0 saturated heterocycles. The van der Waals surface area contributed by atoms with Gasteiger partial charge >= 0.3 is 0 Å². The van der Waals surface area contributed by atoms with Crippen LogP contribution in [-0.2, 0) is 11.8 Å². The van der Waals surface area contributed by atoms with Crippen molar-refractivity contribution >= 4 is 26.8 Å². The molecule has 3 heteroatoms. The van der Waals surface area contributed by atoms with Gasteiger partial charge in [-0.1, -0.05) is 26.8 Å². The number of pyridine rings is 1. The molecule has 0 bridgehead atoms. The molecule has 2 aromatic rings. The molecular weight excluding hydrogens is 302 g/mol. The van der Waals surface area contributed by atoms with Crippen LogP contribution in [0.15, 0.2) is 22.7 Å². The standard InChI is InChI=1S/C16H18BrNO/c1-16(2,3)10-6-7-13-12(9-10)14(17)11-5-4-8-19-15(11)18-13/h6-7,9H,4-5,8H2,1-3H3. The van der Waals surface area contributed by atoms with Crippen molar-refractivity contribution in [2.45, 2.75) is 39.0 Å². The predicted molar refractivity (Wildman–Crippen MR) is 82.0 cm³/mol. The first-order valence-electron chi connectivity index (χ1n) is 6.72. The van der Waals surface area contributed by atoms with E-state index in [2.05, 4.69) is 59.9 Å². The summed E-state index contributed by atoms with van der Waals surface area (Å²) in [5, 5.41) is 1.19. The molecule has 3 rings (SSSR count). The molecule has 19 heavy (non-hydrogen) atoms. The molecule has 0 unspecified atom stereocenters. The van der Waals surface area contributed by atoms with Gasteiger partial charge in [0.1, 0.15) is 0 Å². The second kappa shape index (κ2) is 4.48. The molecule has 2 heterocycles. The lowest BCUT2D eigenvalue weighted by Gasteiger charge is -2.22. The lowest BCUT2D eigenvalue weighted by atomic mass is 9.86. The fourth-order valence-corrected chi connectivity index (χ4v) is 3.15. The average molecular weight is 320 g/mol. The van der Waals surface area contributed by atoms with E-state index in [-0.39, 0.29) is 5.41 Å². The van der Waals surface area contributed by atoms with Crippen molar-refractivity contribution in [3.8, 4) is 5.88 Å². The van der Waals surface area contributed by atoms with Crippen LogP contribution < -0.4 is 4.74 Å². The minimum absolute atomic E-state index is 0.153. The predicted octanol–water partition coefficient (Wildman–Crippen LogP) is 4.62. The van der Waals surface area contributed by atoms with Gasteiger partial charge in [0.2, 0.25) is 5.88 Å². The Morgan fingerprint density at radius 1 is 1.26 bits per heavy atom. The van der Waals surface area contributed by atoms with Gasteiger partial charge in [0.15, 0.2) is 0 Å². The third-order valence-electron chi connectivity index (χ3n) is 3.65. The van der Waals surface area contributed by atoms with Gasteiger partial charge in [-0.25, -0.2) is 4.98 Å². The quantitative estimate of drug-likeness (QED) is 0.706. The highest BCUT2D eigenvalue weighted by atomic mass is 79.9. The number of ether oxygens (including phenoxy) is 1. The Labute approximate surface area is 122 Å². The normalized spacial score (nSPS) is 15.2. The van der Waals surface area contributed by atoms with Gasteiger partial charge in [-0.3, -0.25) is 0 Å². The van der Waals surface area contributed by atoms with Crippen molar-refractivity contribution in [3.63, 3.8) is 0 Å². The van der Waals surface area contributed by atoms with E-state index in [1.165, 1.54) is 16.5 Å².